The Morgan fingerprint density at radius 3 is 2.59 bits per heavy atom. The minimum atomic E-state index is -4.04. The number of hydrogen-bond acceptors (Lipinski definition) is 7. The average Bonchev–Trinajstić information content (AvgIpc) is 2.80. The minimum Gasteiger partial charge on any atom is -0.495 e. The number of methoxy groups -OCH3 is 1. The number of sulfonamides is 1. The lowest BCUT2D eigenvalue weighted by Crippen LogP contribution is -2.31. The van der Waals surface area contributed by atoms with Gasteiger partial charge in [0.2, 0.25) is 0 Å². The van der Waals surface area contributed by atoms with Gasteiger partial charge in [-0.25, -0.2) is 8.42 Å². The van der Waals surface area contributed by atoms with Crippen molar-refractivity contribution in [2.75, 3.05) is 36.4 Å². The highest BCUT2D eigenvalue weighted by molar-refractivity contribution is 7.93. The highest BCUT2D eigenvalue weighted by Gasteiger charge is 2.28. The second kappa shape index (κ2) is 10.5. The Balaban J connectivity index is 1.82. The number of ether oxygens (including phenoxy) is 2. The van der Waals surface area contributed by atoms with E-state index in [1.165, 1.54) is 13.2 Å². The second-order valence-corrected chi connectivity index (χ2v) is 8.67. The first-order valence-electron chi connectivity index (χ1n) is 9.87. The maximum atomic E-state index is 13.4. The summed E-state index contributed by atoms with van der Waals surface area (Å²) in [6.45, 7) is 2.40. The number of anilines is 2. The Kier molecular flexibility index (Phi) is 7.52. The number of benzene rings is 2. The fourth-order valence-corrected chi connectivity index (χ4v) is 4.62. The van der Waals surface area contributed by atoms with Crippen LogP contribution in [-0.4, -0.2) is 40.2 Å². The monoisotopic (exact) mass is 452 g/mol. The number of hydrogen-bond donors (Lipinski definition) is 1. The van der Waals surface area contributed by atoms with Gasteiger partial charge in [-0.15, -0.1) is 0 Å². The number of nitrogens with zero attached hydrogens (tertiary/aromatic N) is 3. The van der Waals surface area contributed by atoms with Gasteiger partial charge in [0.25, 0.3) is 10.0 Å². The molecular weight excluding hydrogens is 428 g/mol. The first kappa shape index (κ1) is 22.9. The number of aryl methyl sites for hydroxylation is 1. The molecule has 0 spiro atoms. The first-order valence-corrected chi connectivity index (χ1v) is 11.3. The standard InChI is InChI=1S/C23H24N4O4S/c1-18-15-20(17-21(16-18)31-14-12-26-19-7-10-25-11-8-19)27(13-9-24)32(28,29)23-6-4-3-5-22(23)30-2/h3-8,10-11,15-17H,12-14H2,1-2H3,(H,25,26). The molecule has 0 bridgehead atoms. The van der Waals surface area contributed by atoms with Crippen LogP contribution < -0.4 is 19.1 Å². The van der Waals surface area contributed by atoms with Crippen molar-refractivity contribution < 1.29 is 17.9 Å². The number of aromatic nitrogens is 1. The summed E-state index contributed by atoms with van der Waals surface area (Å²) >= 11 is 0. The fraction of sp³-hybridized carbons (Fsp3) is 0.217. The van der Waals surface area contributed by atoms with Gasteiger partial charge in [-0.1, -0.05) is 12.1 Å². The molecule has 0 saturated carbocycles. The van der Waals surface area contributed by atoms with Crippen LogP contribution in [0, 0.1) is 18.3 Å². The lowest BCUT2D eigenvalue weighted by atomic mass is 10.2. The predicted molar refractivity (Wildman–Crippen MR) is 123 cm³/mol. The summed E-state index contributed by atoms with van der Waals surface area (Å²) in [5.41, 5.74) is 2.07. The van der Waals surface area contributed by atoms with Crippen molar-refractivity contribution in [2.45, 2.75) is 11.8 Å². The Morgan fingerprint density at radius 1 is 1.12 bits per heavy atom. The summed E-state index contributed by atoms with van der Waals surface area (Å²) in [7, 11) is -2.64. The van der Waals surface area contributed by atoms with Gasteiger partial charge >= 0.3 is 0 Å². The quantitative estimate of drug-likeness (QED) is 0.370. The van der Waals surface area contributed by atoms with Crippen molar-refractivity contribution >= 4 is 21.4 Å². The molecule has 0 aliphatic rings. The molecule has 1 N–H and O–H groups in total. The number of para-hydroxylation sites is 1. The fourth-order valence-electron chi connectivity index (χ4n) is 3.12. The van der Waals surface area contributed by atoms with E-state index in [0.29, 0.717) is 24.6 Å². The number of pyridine rings is 1. The molecule has 0 unspecified atom stereocenters. The molecule has 0 aliphatic carbocycles. The lowest BCUT2D eigenvalue weighted by Gasteiger charge is -2.23. The van der Waals surface area contributed by atoms with Crippen molar-refractivity contribution in [1.82, 2.24) is 4.98 Å². The van der Waals surface area contributed by atoms with E-state index in [4.69, 9.17) is 9.47 Å². The third-order valence-electron chi connectivity index (χ3n) is 4.56. The second-order valence-electron chi connectivity index (χ2n) is 6.84. The zero-order valence-electron chi connectivity index (χ0n) is 17.9. The SMILES string of the molecule is COc1ccccc1S(=O)(=O)N(CC#N)c1cc(C)cc(OCCNc2ccncc2)c1. The van der Waals surface area contributed by atoms with E-state index in [2.05, 4.69) is 10.3 Å². The number of nitriles is 1. The van der Waals surface area contributed by atoms with Crippen molar-refractivity contribution in [3.8, 4) is 17.6 Å². The largest absolute Gasteiger partial charge is 0.495 e. The maximum absolute atomic E-state index is 13.4. The van der Waals surface area contributed by atoms with Crippen LogP contribution in [0.3, 0.4) is 0 Å². The van der Waals surface area contributed by atoms with Crippen LogP contribution in [-0.2, 0) is 10.0 Å². The zero-order chi connectivity index (χ0) is 23.0. The Hall–Kier alpha value is -3.77. The molecule has 166 valence electrons. The van der Waals surface area contributed by atoms with Gasteiger partial charge in [-0.2, -0.15) is 5.26 Å². The Morgan fingerprint density at radius 2 is 1.88 bits per heavy atom. The highest BCUT2D eigenvalue weighted by atomic mass is 32.2. The Bertz CT molecular complexity index is 1190. The van der Waals surface area contributed by atoms with E-state index in [1.807, 2.05) is 31.2 Å². The molecule has 3 rings (SSSR count). The van der Waals surface area contributed by atoms with Gasteiger partial charge in [-0.05, 0) is 48.9 Å². The smallest absolute Gasteiger partial charge is 0.268 e. The molecule has 0 amide bonds. The van der Waals surface area contributed by atoms with Crippen LogP contribution in [0.15, 0.2) is 71.9 Å². The molecule has 0 saturated heterocycles. The molecule has 32 heavy (non-hydrogen) atoms. The van der Waals surface area contributed by atoms with Crippen LogP contribution in [0.1, 0.15) is 5.56 Å². The summed E-state index contributed by atoms with van der Waals surface area (Å²) in [6, 6.07) is 17.1. The average molecular weight is 453 g/mol. The van der Waals surface area contributed by atoms with Gasteiger partial charge < -0.3 is 14.8 Å². The van der Waals surface area contributed by atoms with E-state index in [9.17, 15) is 13.7 Å². The van der Waals surface area contributed by atoms with Crippen molar-refractivity contribution in [3.05, 3.63) is 72.6 Å². The van der Waals surface area contributed by atoms with Gasteiger partial charge in [0.1, 0.15) is 29.5 Å². The molecule has 2 aromatic carbocycles. The summed E-state index contributed by atoms with van der Waals surface area (Å²) in [6.07, 6.45) is 3.39. The summed E-state index contributed by atoms with van der Waals surface area (Å²) in [5.74, 6) is 0.719. The molecule has 0 atom stereocenters. The molecule has 1 heterocycles. The molecule has 9 heteroatoms. The molecule has 0 aliphatic heterocycles. The van der Waals surface area contributed by atoms with Crippen molar-refractivity contribution in [3.63, 3.8) is 0 Å². The van der Waals surface area contributed by atoms with Crippen LogP contribution in [0.25, 0.3) is 0 Å². The van der Waals surface area contributed by atoms with Crippen LogP contribution >= 0.6 is 0 Å². The zero-order valence-corrected chi connectivity index (χ0v) is 18.7. The topological polar surface area (TPSA) is 105 Å². The third-order valence-corrected chi connectivity index (χ3v) is 6.37. The normalized spacial score (nSPS) is 10.8. The summed E-state index contributed by atoms with van der Waals surface area (Å²) in [4.78, 5) is 3.96. The van der Waals surface area contributed by atoms with Gasteiger partial charge in [-0.3, -0.25) is 9.29 Å². The first-order chi connectivity index (χ1) is 15.5. The third kappa shape index (κ3) is 5.47. The van der Waals surface area contributed by atoms with E-state index in [1.54, 1.807) is 42.7 Å². The van der Waals surface area contributed by atoms with Crippen molar-refractivity contribution in [1.29, 1.82) is 5.26 Å². The highest BCUT2D eigenvalue weighted by Crippen LogP contribution is 2.32. The number of rotatable bonds is 10. The van der Waals surface area contributed by atoms with Crippen molar-refractivity contribution in [2.24, 2.45) is 0 Å². The molecule has 0 radical (unpaired) electrons. The predicted octanol–water partition coefficient (Wildman–Crippen LogP) is 3.61. The van der Waals surface area contributed by atoms with E-state index in [-0.39, 0.29) is 17.2 Å². The molecule has 0 fully saturated rings. The van der Waals surface area contributed by atoms with Crippen LogP contribution in [0.2, 0.25) is 0 Å². The summed E-state index contributed by atoms with van der Waals surface area (Å²) < 4.78 is 38.9. The van der Waals surface area contributed by atoms with E-state index in [0.717, 1.165) is 15.6 Å². The Labute approximate surface area is 188 Å². The van der Waals surface area contributed by atoms with Crippen LogP contribution in [0.5, 0.6) is 11.5 Å². The minimum absolute atomic E-state index is 0.0109. The van der Waals surface area contributed by atoms with E-state index >= 15 is 0 Å². The molecule has 8 nitrogen and oxygen atoms in total. The molecule has 1 aromatic heterocycles. The molecule has 3 aromatic rings. The van der Waals surface area contributed by atoms with Crippen LogP contribution in [0.4, 0.5) is 11.4 Å². The van der Waals surface area contributed by atoms with Gasteiger partial charge in [0.05, 0.1) is 18.9 Å². The maximum Gasteiger partial charge on any atom is 0.268 e. The molecular formula is C23H24N4O4S. The number of nitrogens with one attached hydrogen (secondary N) is 1. The van der Waals surface area contributed by atoms with Gasteiger partial charge in [0.15, 0.2) is 0 Å². The lowest BCUT2D eigenvalue weighted by molar-refractivity contribution is 0.333. The summed E-state index contributed by atoms with van der Waals surface area (Å²) in [5, 5.41) is 12.5. The van der Waals surface area contributed by atoms with E-state index < -0.39 is 10.0 Å². The van der Waals surface area contributed by atoms with Gasteiger partial charge in [0, 0.05) is 30.7 Å².